The Labute approximate surface area is 140 Å². The number of nitrogens with zero attached hydrogens (tertiary/aromatic N) is 1. The molecular weight excluding hydrogens is 375 g/mol. The van der Waals surface area contributed by atoms with Gasteiger partial charge in [0.2, 0.25) is 5.91 Å². The first-order valence-electron chi connectivity index (χ1n) is 6.28. The SMILES string of the molecule is NC1C(=O)N(c2ccc(Cl)c(Cl)c2)C1c1ccc(Br)cc1. The fourth-order valence-electron chi connectivity index (χ4n) is 2.45. The van der Waals surface area contributed by atoms with Crippen molar-refractivity contribution in [2.75, 3.05) is 4.90 Å². The van der Waals surface area contributed by atoms with Gasteiger partial charge in [-0.3, -0.25) is 4.79 Å². The van der Waals surface area contributed by atoms with Gasteiger partial charge in [0, 0.05) is 10.2 Å². The molecule has 1 aliphatic rings. The van der Waals surface area contributed by atoms with Crippen LogP contribution in [0, 0.1) is 0 Å². The zero-order chi connectivity index (χ0) is 15.1. The molecule has 0 aromatic heterocycles. The fraction of sp³-hybridized carbons (Fsp3) is 0.133. The molecular formula is C15H11BrCl2N2O. The number of hydrogen-bond donors (Lipinski definition) is 1. The van der Waals surface area contributed by atoms with Crippen LogP contribution in [-0.2, 0) is 4.79 Å². The van der Waals surface area contributed by atoms with Crippen LogP contribution in [0.4, 0.5) is 5.69 Å². The Bertz CT molecular complexity index is 705. The molecule has 3 nitrogen and oxygen atoms in total. The lowest BCUT2D eigenvalue weighted by molar-refractivity contribution is -0.126. The minimum atomic E-state index is -0.541. The Morgan fingerprint density at radius 2 is 1.71 bits per heavy atom. The van der Waals surface area contributed by atoms with Gasteiger partial charge in [-0.25, -0.2) is 0 Å². The van der Waals surface area contributed by atoms with E-state index in [0.717, 1.165) is 10.0 Å². The van der Waals surface area contributed by atoms with Crippen molar-refractivity contribution in [1.29, 1.82) is 0 Å². The van der Waals surface area contributed by atoms with Gasteiger partial charge in [0.25, 0.3) is 0 Å². The molecule has 21 heavy (non-hydrogen) atoms. The Hall–Kier alpha value is -1.07. The van der Waals surface area contributed by atoms with Gasteiger partial charge in [-0.05, 0) is 35.9 Å². The summed E-state index contributed by atoms with van der Waals surface area (Å²) in [5.74, 6) is -0.124. The van der Waals surface area contributed by atoms with E-state index >= 15 is 0 Å². The average Bonchev–Trinajstić information content (AvgIpc) is 2.48. The average molecular weight is 386 g/mol. The molecule has 108 valence electrons. The van der Waals surface area contributed by atoms with Crippen molar-refractivity contribution in [3.05, 3.63) is 62.5 Å². The number of nitrogens with two attached hydrogens (primary N) is 1. The van der Waals surface area contributed by atoms with E-state index in [9.17, 15) is 4.79 Å². The number of benzene rings is 2. The first kappa shape index (κ1) is 14.9. The summed E-state index contributed by atoms with van der Waals surface area (Å²) in [6, 6.07) is 12.1. The number of amides is 1. The molecule has 2 unspecified atom stereocenters. The highest BCUT2D eigenvalue weighted by atomic mass is 79.9. The maximum Gasteiger partial charge on any atom is 0.247 e. The van der Waals surface area contributed by atoms with E-state index in [0.29, 0.717) is 15.7 Å². The van der Waals surface area contributed by atoms with Crippen LogP contribution < -0.4 is 10.6 Å². The Balaban J connectivity index is 1.98. The molecule has 1 amide bonds. The molecule has 1 saturated heterocycles. The maximum absolute atomic E-state index is 12.1. The molecule has 0 spiro atoms. The van der Waals surface area contributed by atoms with Crippen LogP contribution in [0.1, 0.15) is 11.6 Å². The van der Waals surface area contributed by atoms with Crippen molar-refractivity contribution in [2.24, 2.45) is 5.73 Å². The molecule has 2 atom stereocenters. The summed E-state index contributed by atoms with van der Waals surface area (Å²) in [7, 11) is 0. The highest BCUT2D eigenvalue weighted by molar-refractivity contribution is 9.10. The predicted molar refractivity (Wildman–Crippen MR) is 88.8 cm³/mol. The molecule has 3 rings (SSSR count). The van der Waals surface area contributed by atoms with E-state index in [1.165, 1.54) is 0 Å². The van der Waals surface area contributed by atoms with Crippen LogP contribution in [-0.4, -0.2) is 11.9 Å². The molecule has 0 aliphatic carbocycles. The van der Waals surface area contributed by atoms with Gasteiger partial charge in [-0.15, -0.1) is 0 Å². The maximum atomic E-state index is 12.1. The smallest absolute Gasteiger partial charge is 0.247 e. The number of halogens is 3. The number of carbonyl (C=O) groups excluding carboxylic acids is 1. The summed E-state index contributed by atoms with van der Waals surface area (Å²) < 4.78 is 0.978. The van der Waals surface area contributed by atoms with E-state index in [4.69, 9.17) is 28.9 Å². The summed E-state index contributed by atoms with van der Waals surface area (Å²) in [6.07, 6.45) is 0. The third-order valence-electron chi connectivity index (χ3n) is 3.53. The molecule has 1 aliphatic heterocycles. The van der Waals surface area contributed by atoms with E-state index in [-0.39, 0.29) is 11.9 Å². The quantitative estimate of drug-likeness (QED) is 0.788. The Morgan fingerprint density at radius 1 is 1.05 bits per heavy atom. The zero-order valence-electron chi connectivity index (χ0n) is 10.8. The van der Waals surface area contributed by atoms with E-state index < -0.39 is 6.04 Å². The summed E-state index contributed by atoms with van der Waals surface area (Å²) in [5.41, 5.74) is 7.65. The molecule has 0 bridgehead atoms. The molecule has 2 aromatic rings. The summed E-state index contributed by atoms with van der Waals surface area (Å²) in [5, 5.41) is 0.870. The van der Waals surface area contributed by atoms with Crippen LogP contribution in [0.2, 0.25) is 10.0 Å². The summed E-state index contributed by atoms with van der Waals surface area (Å²) in [4.78, 5) is 13.8. The second-order valence-corrected chi connectivity index (χ2v) is 6.56. The highest BCUT2D eigenvalue weighted by Gasteiger charge is 2.46. The second-order valence-electron chi connectivity index (χ2n) is 4.83. The van der Waals surface area contributed by atoms with Crippen molar-refractivity contribution < 1.29 is 4.79 Å². The molecule has 0 saturated carbocycles. The van der Waals surface area contributed by atoms with Crippen LogP contribution in [0.3, 0.4) is 0 Å². The van der Waals surface area contributed by atoms with Gasteiger partial charge in [-0.1, -0.05) is 51.3 Å². The van der Waals surface area contributed by atoms with Crippen LogP contribution in [0.5, 0.6) is 0 Å². The normalized spacial score (nSPS) is 21.3. The van der Waals surface area contributed by atoms with Crippen LogP contribution >= 0.6 is 39.1 Å². The van der Waals surface area contributed by atoms with Crippen LogP contribution in [0.15, 0.2) is 46.9 Å². The number of anilines is 1. The summed E-state index contributed by atoms with van der Waals surface area (Å²) >= 11 is 15.3. The zero-order valence-corrected chi connectivity index (χ0v) is 13.9. The standard InChI is InChI=1S/C15H11BrCl2N2O/c16-9-3-1-8(2-4-9)14-13(19)15(21)20(14)10-5-6-11(17)12(18)7-10/h1-7,13-14H,19H2. The minimum absolute atomic E-state index is 0.124. The Morgan fingerprint density at radius 3 is 2.33 bits per heavy atom. The van der Waals surface area contributed by atoms with E-state index in [2.05, 4.69) is 15.9 Å². The van der Waals surface area contributed by atoms with Crippen molar-refractivity contribution >= 4 is 50.7 Å². The summed E-state index contributed by atoms with van der Waals surface area (Å²) in [6.45, 7) is 0. The van der Waals surface area contributed by atoms with Gasteiger partial charge in [0.05, 0.1) is 16.1 Å². The molecule has 2 N–H and O–H groups in total. The fourth-order valence-corrected chi connectivity index (χ4v) is 3.01. The van der Waals surface area contributed by atoms with Crippen molar-refractivity contribution in [2.45, 2.75) is 12.1 Å². The van der Waals surface area contributed by atoms with E-state index in [1.807, 2.05) is 24.3 Å². The first-order chi connectivity index (χ1) is 9.99. The van der Waals surface area contributed by atoms with Crippen molar-refractivity contribution in [3.8, 4) is 0 Å². The minimum Gasteiger partial charge on any atom is -0.318 e. The Kier molecular flexibility index (Phi) is 3.97. The van der Waals surface area contributed by atoms with Crippen LogP contribution in [0.25, 0.3) is 0 Å². The number of rotatable bonds is 2. The third-order valence-corrected chi connectivity index (χ3v) is 4.80. The third kappa shape index (κ3) is 2.57. The second kappa shape index (κ2) is 5.61. The largest absolute Gasteiger partial charge is 0.318 e. The van der Waals surface area contributed by atoms with Gasteiger partial charge in [0.15, 0.2) is 0 Å². The molecule has 1 heterocycles. The number of hydrogen-bond acceptors (Lipinski definition) is 2. The lowest BCUT2D eigenvalue weighted by atomic mass is 9.88. The van der Waals surface area contributed by atoms with Gasteiger partial charge in [-0.2, -0.15) is 0 Å². The number of β-lactam (4-membered cyclic amide) rings is 1. The van der Waals surface area contributed by atoms with Gasteiger partial charge < -0.3 is 10.6 Å². The van der Waals surface area contributed by atoms with Crippen molar-refractivity contribution in [1.82, 2.24) is 0 Å². The molecule has 6 heteroatoms. The van der Waals surface area contributed by atoms with Crippen molar-refractivity contribution in [3.63, 3.8) is 0 Å². The van der Waals surface area contributed by atoms with Gasteiger partial charge >= 0.3 is 0 Å². The highest BCUT2D eigenvalue weighted by Crippen LogP contribution is 2.40. The first-order valence-corrected chi connectivity index (χ1v) is 7.83. The number of carbonyl (C=O) groups is 1. The topological polar surface area (TPSA) is 46.3 Å². The molecule has 0 radical (unpaired) electrons. The monoisotopic (exact) mass is 384 g/mol. The lowest BCUT2D eigenvalue weighted by Crippen LogP contribution is -2.63. The molecule has 2 aromatic carbocycles. The molecule has 1 fully saturated rings. The lowest BCUT2D eigenvalue weighted by Gasteiger charge is -2.45. The predicted octanol–water partition coefficient (Wildman–Crippen LogP) is 4.17. The van der Waals surface area contributed by atoms with Gasteiger partial charge in [0.1, 0.15) is 6.04 Å². The van der Waals surface area contributed by atoms with E-state index in [1.54, 1.807) is 23.1 Å².